The Bertz CT molecular complexity index is 511. The van der Waals surface area contributed by atoms with Gasteiger partial charge in [-0.25, -0.2) is 8.78 Å². The van der Waals surface area contributed by atoms with Crippen LogP contribution in [0.4, 0.5) is 8.78 Å². The summed E-state index contributed by atoms with van der Waals surface area (Å²) in [5, 5.41) is 6.02. The van der Waals surface area contributed by atoms with E-state index < -0.39 is 11.6 Å². The van der Waals surface area contributed by atoms with Crippen molar-refractivity contribution >= 4 is 5.91 Å². The van der Waals surface area contributed by atoms with Crippen molar-refractivity contribution in [2.75, 3.05) is 13.1 Å². The summed E-state index contributed by atoms with van der Waals surface area (Å²) in [6.07, 6.45) is 0. The lowest BCUT2D eigenvalue weighted by Crippen LogP contribution is -2.45. The Kier molecular flexibility index (Phi) is 4.09. The predicted molar refractivity (Wildman–Crippen MR) is 73.4 cm³/mol. The number of hydrogen-bond donors (Lipinski definition) is 2. The van der Waals surface area contributed by atoms with E-state index >= 15 is 0 Å². The number of amides is 1. The summed E-state index contributed by atoms with van der Waals surface area (Å²) < 4.78 is 26.9. The smallest absolute Gasteiger partial charge is 0.225 e. The van der Waals surface area contributed by atoms with Crippen molar-refractivity contribution < 1.29 is 13.6 Å². The Labute approximate surface area is 117 Å². The summed E-state index contributed by atoms with van der Waals surface area (Å²) in [6.45, 7) is 6.73. The normalized spacial score (nSPS) is 22.9. The van der Waals surface area contributed by atoms with Gasteiger partial charge in [-0.1, -0.05) is 6.07 Å². The molecule has 1 aliphatic rings. The molecular formula is C15H20F2N2O. The van der Waals surface area contributed by atoms with Gasteiger partial charge in [0.2, 0.25) is 5.91 Å². The molecule has 0 unspecified atom stereocenters. The highest BCUT2D eigenvalue weighted by Crippen LogP contribution is 2.30. The van der Waals surface area contributed by atoms with Crippen LogP contribution in [0, 0.1) is 17.6 Å². The van der Waals surface area contributed by atoms with Crippen LogP contribution in [0.15, 0.2) is 18.2 Å². The van der Waals surface area contributed by atoms with Crippen molar-refractivity contribution in [1.82, 2.24) is 10.6 Å². The lowest BCUT2D eigenvalue weighted by atomic mass is 9.87. The van der Waals surface area contributed by atoms with Crippen LogP contribution in [0.1, 0.15) is 32.3 Å². The molecule has 1 aromatic carbocycles. The van der Waals surface area contributed by atoms with Gasteiger partial charge in [0, 0.05) is 30.6 Å². The standard InChI is InChI=1S/C15H20F2N2O/c1-15(2,3)19-14(20)12-8-18-7-11(12)10-5-4-9(16)6-13(10)17/h4-6,11-12,18H,7-8H2,1-3H3,(H,19,20)/t11-,12+/m0/s1. The molecule has 1 fully saturated rings. The Hall–Kier alpha value is -1.49. The fourth-order valence-electron chi connectivity index (χ4n) is 2.55. The molecular weight excluding hydrogens is 262 g/mol. The SMILES string of the molecule is CC(C)(C)NC(=O)[C@@H]1CNC[C@H]1c1ccc(F)cc1F. The second-order valence-corrected chi connectivity index (χ2v) is 6.28. The van der Waals surface area contributed by atoms with E-state index in [-0.39, 0.29) is 23.3 Å². The second kappa shape index (κ2) is 5.48. The summed E-state index contributed by atoms with van der Waals surface area (Å²) in [5.74, 6) is -1.90. The molecule has 20 heavy (non-hydrogen) atoms. The highest BCUT2D eigenvalue weighted by molar-refractivity contribution is 5.81. The van der Waals surface area contributed by atoms with Crippen molar-refractivity contribution in [1.29, 1.82) is 0 Å². The maximum Gasteiger partial charge on any atom is 0.225 e. The first-order valence-corrected chi connectivity index (χ1v) is 6.75. The van der Waals surface area contributed by atoms with Crippen molar-refractivity contribution in [2.45, 2.75) is 32.2 Å². The van der Waals surface area contributed by atoms with E-state index in [0.717, 1.165) is 6.07 Å². The van der Waals surface area contributed by atoms with Crippen LogP contribution in [0.5, 0.6) is 0 Å². The minimum absolute atomic E-state index is 0.101. The Morgan fingerprint density at radius 3 is 2.60 bits per heavy atom. The van der Waals surface area contributed by atoms with Gasteiger partial charge in [-0.05, 0) is 32.4 Å². The van der Waals surface area contributed by atoms with Crippen LogP contribution >= 0.6 is 0 Å². The predicted octanol–water partition coefficient (Wildman–Crippen LogP) is 2.18. The van der Waals surface area contributed by atoms with E-state index in [9.17, 15) is 13.6 Å². The Morgan fingerprint density at radius 1 is 1.30 bits per heavy atom. The van der Waals surface area contributed by atoms with Crippen LogP contribution in [0.3, 0.4) is 0 Å². The minimum atomic E-state index is -0.604. The van der Waals surface area contributed by atoms with Gasteiger partial charge in [-0.2, -0.15) is 0 Å². The van der Waals surface area contributed by atoms with Crippen LogP contribution in [0.25, 0.3) is 0 Å². The first-order valence-electron chi connectivity index (χ1n) is 6.75. The molecule has 1 aliphatic heterocycles. The van der Waals surface area contributed by atoms with Crippen LogP contribution in [-0.4, -0.2) is 24.5 Å². The van der Waals surface area contributed by atoms with Gasteiger partial charge in [-0.3, -0.25) is 4.79 Å². The summed E-state index contributed by atoms with van der Waals surface area (Å²) in [7, 11) is 0. The number of carbonyl (C=O) groups excluding carboxylic acids is 1. The topological polar surface area (TPSA) is 41.1 Å². The van der Waals surface area contributed by atoms with Crippen molar-refractivity contribution in [3.05, 3.63) is 35.4 Å². The molecule has 0 saturated carbocycles. The molecule has 110 valence electrons. The number of carbonyl (C=O) groups is 1. The van der Waals surface area contributed by atoms with Crippen LogP contribution < -0.4 is 10.6 Å². The maximum atomic E-state index is 13.9. The summed E-state index contributed by atoms with van der Waals surface area (Å²) in [5.41, 5.74) is 0.0661. The highest BCUT2D eigenvalue weighted by Gasteiger charge is 2.36. The molecule has 1 saturated heterocycles. The highest BCUT2D eigenvalue weighted by atomic mass is 19.1. The molecule has 2 atom stereocenters. The van der Waals surface area contributed by atoms with Gasteiger partial charge in [0.25, 0.3) is 0 Å². The second-order valence-electron chi connectivity index (χ2n) is 6.28. The number of nitrogens with one attached hydrogen (secondary N) is 2. The molecule has 0 aliphatic carbocycles. The monoisotopic (exact) mass is 282 g/mol. The van der Waals surface area contributed by atoms with E-state index in [2.05, 4.69) is 10.6 Å². The first-order chi connectivity index (χ1) is 9.28. The van der Waals surface area contributed by atoms with Gasteiger partial charge in [0.15, 0.2) is 0 Å². The summed E-state index contributed by atoms with van der Waals surface area (Å²) in [6, 6.07) is 3.53. The number of rotatable bonds is 2. The fourth-order valence-corrected chi connectivity index (χ4v) is 2.55. The third-order valence-corrected chi connectivity index (χ3v) is 3.41. The van der Waals surface area contributed by atoms with E-state index in [1.54, 1.807) is 0 Å². The molecule has 0 spiro atoms. The minimum Gasteiger partial charge on any atom is -0.351 e. The Balaban J connectivity index is 2.21. The van der Waals surface area contributed by atoms with Crippen LogP contribution in [0.2, 0.25) is 0 Å². The molecule has 2 N–H and O–H groups in total. The zero-order valence-corrected chi connectivity index (χ0v) is 12.0. The maximum absolute atomic E-state index is 13.9. The molecule has 1 amide bonds. The average molecular weight is 282 g/mol. The Morgan fingerprint density at radius 2 is 2.00 bits per heavy atom. The van der Waals surface area contributed by atoms with E-state index in [1.165, 1.54) is 12.1 Å². The molecule has 0 radical (unpaired) electrons. The van der Waals surface area contributed by atoms with E-state index in [4.69, 9.17) is 0 Å². The van der Waals surface area contributed by atoms with Gasteiger partial charge in [-0.15, -0.1) is 0 Å². The number of benzene rings is 1. The third kappa shape index (κ3) is 3.33. The van der Waals surface area contributed by atoms with E-state index in [1.807, 2.05) is 20.8 Å². The largest absolute Gasteiger partial charge is 0.351 e. The molecule has 3 nitrogen and oxygen atoms in total. The van der Waals surface area contributed by atoms with Gasteiger partial charge in [0.05, 0.1) is 5.92 Å². The molecule has 5 heteroatoms. The molecule has 0 aromatic heterocycles. The van der Waals surface area contributed by atoms with Crippen molar-refractivity contribution in [3.8, 4) is 0 Å². The zero-order chi connectivity index (χ0) is 14.9. The number of halogens is 2. The lowest BCUT2D eigenvalue weighted by molar-refractivity contribution is -0.126. The molecule has 2 rings (SSSR count). The van der Waals surface area contributed by atoms with Gasteiger partial charge < -0.3 is 10.6 Å². The molecule has 1 aromatic rings. The lowest BCUT2D eigenvalue weighted by Gasteiger charge is -2.25. The fraction of sp³-hybridized carbons (Fsp3) is 0.533. The van der Waals surface area contributed by atoms with E-state index in [0.29, 0.717) is 18.7 Å². The van der Waals surface area contributed by atoms with Crippen molar-refractivity contribution in [3.63, 3.8) is 0 Å². The molecule has 0 bridgehead atoms. The summed E-state index contributed by atoms with van der Waals surface area (Å²) in [4.78, 5) is 12.3. The average Bonchev–Trinajstić information content (AvgIpc) is 2.75. The molecule has 1 heterocycles. The summed E-state index contributed by atoms with van der Waals surface area (Å²) >= 11 is 0. The third-order valence-electron chi connectivity index (χ3n) is 3.41. The van der Waals surface area contributed by atoms with Gasteiger partial charge >= 0.3 is 0 Å². The van der Waals surface area contributed by atoms with Gasteiger partial charge in [0.1, 0.15) is 11.6 Å². The van der Waals surface area contributed by atoms with Crippen molar-refractivity contribution in [2.24, 2.45) is 5.92 Å². The van der Waals surface area contributed by atoms with Crippen LogP contribution in [-0.2, 0) is 4.79 Å². The first kappa shape index (κ1) is 14.9. The number of hydrogen-bond acceptors (Lipinski definition) is 2. The zero-order valence-electron chi connectivity index (χ0n) is 12.0. The quantitative estimate of drug-likeness (QED) is 0.873.